The predicted octanol–water partition coefficient (Wildman–Crippen LogP) is 6.94. The first-order valence-electron chi connectivity index (χ1n) is 10.6. The van der Waals surface area contributed by atoms with Crippen LogP contribution >= 0.6 is 0 Å². The Hall–Kier alpha value is -1.92. The van der Waals surface area contributed by atoms with Crippen LogP contribution in [-0.4, -0.2) is 0 Å². The maximum atomic E-state index is 3.42. The standard InChI is InChI=1S/C26H34/c1-3-5-8-12-24-19-21-26(22-20-24)14-10-7-6-9-13-25-17-15-23(11-4-2)16-18-25/h6-7,15-18,24,26H,3-5,8,11-12,19-22H2,1-2H3. The fourth-order valence-corrected chi connectivity index (χ4v) is 3.70. The van der Waals surface area contributed by atoms with E-state index in [1.807, 2.05) is 12.2 Å². The molecule has 0 N–H and O–H groups in total. The van der Waals surface area contributed by atoms with Gasteiger partial charge in [0.15, 0.2) is 0 Å². The van der Waals surface area contributed by atoms with Crippen molar-refractivity contribution in [2.75, 3.05) is 0 Å². The molecule has 0 nitrogen and oxygen atoms in total. The molecule has 26 heavy (non-hydrogen) atoms. The maximum Gasteiger partial charge on any atom is 0.0249 e. The first-order chi connectivity index (χ1) is 12.8. The Morgan fingerprint density at radius 2 is 1.62 bits per heavy atom. The molecule has 1 saturated carbocycles. The lowest BCUT2D eigenvalue weighted by molar-refractivity contribution is 0.294. The van der Waals surface area contributed by atoms with E-state index < -0.39 is 0 Å². The average Bonchev–Trinajstić information content (AvgIpc) is 2.67. The van der Waals surface area contributed by atoms with Crippen molar-refractivity contribution >= 4 is 0 Å². The summed E-state index contributed by atoms with van der Waals surface area (Å²) in [4.78, 5) is 0. The van der Waals surface area contributed by atoms with Crippen LogP contribution in [0.1, 0.15) is 82.8 Å². The molecule has 1 aliphatic rings. The minimum absolute atomic E-state index is 0.598. The third kappa shape index (κ3) is 7.97. The van der Waals surface area contributed by atoms with Crippen LogP contribution in [0.15, 0.2) is 36.4 Å². The normalized spacial score (nSPS) is 19.5. The summed E-state index contributed by atoms with van der Waals surface area (Å²) in [6.07, 6.45) is 17.0. The fraction of sp³-hybridized carbons (Fsp3) is 0.538. The number of unbranched alkanes of at least 4 members (excludes halogenated alkanes) is 2. The van der Waals surface area contributed by atoms with E-state index in [0.717, 1.165) is 17.9 Å². The Morgan fingerprint density at radius 1 is 0.885 bits per heavy atom. The summed E-state index contributed by atoms with van der Waals surface area (Å²) in [5, 5.41) is 0. The molecule has 1 aliphatic carbocycles. The lowest BCUT2D eigenvalue weighted by Gasteiger charge is -2.25. The Kier molecular flexibility index (Phi) is 9.75. The van der Waals surface area contributed by atoms with Crippen molar-refractivity contribution in [3.8, 4) is 23.7 Å². The zero-order valence-electron chi connectivity index (χ0n) is 16.7. The number of aryl methyl sites for hydroxylation is 1. The summed E-state index contributed by atoms with van der Waals surface area (Å²) in [7, 11) is 0. The quantitative estimate of drug-likeness (QED) is 0.387. The van der Waals surface area contributed by atoms with E-state index in [1.54, 1.807) is 0 Å². The van der Waals surface area contributed by atoms with Gasteiger partial charge in [0, 0.05) is 11.5 Å². The van der Waals surface area contributed by atoms with Gasteiger partial charge in [0.25, 0.3) is 0 Å². The Bertz CT molecular complexity index is 646. The monoisotopic (exact) mass is 346 g/mol. The van der Waals surface area contributed by atoms with E-state index >= 15 is 0 Å². The molecular weight excluding hydrogens is 312 g/mol. The van der Waals surface area contributed by atoms with Gasteiger partial charge in [-0.05, 0) is 67.9 Å². The molecule has 0 bridgehead atoms. The minimum atomic E-state index is 0.598. The highest BCUT2D eigenvalue weighted by Crippen LogP contribution is 2.31. The van der Waals surface area contributed by atoms with Gasteiger partial charge in [-0.1, -0.05) is 81.8 Å². The third-order valence-corrected chi connectivity index (χ3v) is 5.31. The second-order valence-corrected chi connectivity index (χ2v) is 7.55. The smallest absolute Gasteiger partial charge is 0.0249 e. The zero-order valence-corrected chi connectivity index (χ0v) is 16.7. The number of allylic oxidation sites excluding steroid dienone is 2. The van der Waals surface area contributed by atoms with Gasteiger partial charge in [-0.3, -0.25) is 0 Å². The SMILES string of the molecule is CCCCCC1CCC(C#CC=CC#Cc2ccc(CCC)cc2)CC1. The molecule has 0 atom stereocenters. The van der Waals surface area contributed by atoms with Crippen LogP contribution in [-0.2, 0) is 6.42 Å². The minimum Gasteiger partial charge on any atom is -0.0951 e. The summed E-state index contributed by atoms with van der Waals surface area (Å²) in [5.74, 6) is 14.5. The lowest BCUT2D eigenvalue weighted by Crippen LogP contribution is -2.13. The summed E-state index contributed by atoms with van der Waals surface area (Å²) in [6, 6.07) is 8.57. The van der Waals surface area contributed by atoms with Crippen molar-refractivity contribution in [3.63, 3.8) is 0 Å². The van der Waals surface area contributed by atoms with Gasteiger partial charge in [0.2, 0.25) is 0 Å². The molecule has 1 fully saturated rings. The average molecular weight is 347 g/mol. The summed E-state index contributed by atoms with van der Waals surface area (Å²) in [5.41, 5.74) is 2.46. The molecular formula is C26H34. The predicted molar refractivity (Wildman–Crippen MR) is 114 cm³/mol. The first kappa shape index (κ1) is 20.4. The molecule has 0 unspecified atom stereocenters. The third-order valence-electron chi connectivity index (χ3n) is 5.31. The Balaban J connectivity index is 1.70. The molecule has 138 valence electrons. The molecule has 0 amide bonds. The second-order valence-electron chi connectivity index (χ2n) is 7.55. The van der Waals surface area contributed by atoms with Crippen molar-refractivity contribution in [2.24, 2.45) is 11.8 Å². The van der Waals surface area contributed by atoms with Crippen LogP contribution < -0.4 is 0 Å². The van der Waals surface area contributed by atoms with Crippen molar-refractivity contribution < 1.29 is 0 Å². The van der Waals surface area contributed by atoms with Gasteiger partial charge < -0.3 is 0 Å². The van der Waals surface area contributed by atoms with E-state index in [1.165, 1.54) is 63.4 Å². The van der Waals surface area contributed by atoms with E-state index in [9.17, 15) is 0 Å². The highest BCUT2D eigenvalue weighted by molar-refractivity contribution is 5.39. The highest BCUT2D eigenvalue weighted by atomic mass is 14.2. The van der Waals surface area contributed by atoms with E-state index in [2.05, 4.69) is 61.8 Å². The summed E-state index contributed by atoms with van der Waals surface area (Å²) in [6.45, 7) is 4.49. The van der Waals surface area contributed by atoms with Gasteiger partial charge >= 0.3 is 0 Å². The van der Waals surface area contributed by atoms with E-state index in [0.29, 0.717) is 5.92 Å². The maximum absolute atomic E-state index is 3.42. The van der Waals surface area contributed by atoms with Crippen LogP contribution in [0.5, 0.6) is 0 Å². The van der Waals surface area contributed by atoms with Crippen molar-refractivity contribution in [1.29, 1.82) is 0 Å². The molecule has 0 aliphatic heterocycles. The number of rotatable bonds is 6. The van der Waals surface area contributed by atoms with Crippen LogP contribution in [0, 0.1) is 35.5 Å². The molecule has 0 radical (unpaired) electrons. The molecule has 0 aromatic heterocycles. The highest BCUT2D eigenvalue weighted by Gasteiger charge is 2.19. The molecule has 0 heterocycles. The van der Waals surface area contributed by atoms with Crippen molar-refractivity contribution in [2.45, 2.75) is 78.1 Å². The van der Waals surface area contributed by atoms with E-state index in [4.69, 9.17) is 0 Å². The van der Waals surface area contributed by atoms with Gasteiger partial charge in [0.05, 0.1) is 0 Å². The van der Waals surface area contributed by atoms with Crippen LogP contribution in [0.3, 0.4) is 0 Å². The molecule has 0 spiro atoms. The first-order valence-corrected chi connectivity index (χ1v) is 10.6. The molecule has 0 saturated heterocycles. The fourth-order valence-electron chi connectivity index (χ4n) is 3.70. The molecule has 1 aromatic rings. The lowest BCUT2D eigenvalue weighted by atomic mass is 9.80. The molecule has 1 aromatic carbocycles. The van der Waals surface area contributed by atoms with Crippen LogP contribution in [0.2, 0.25) is 0 Å². The van der Waals surface area contributed by atoms with Crippen LogP contribution in [0.25, 0.3) is 0 Å². The summed E-state index contributed by atoms with van der Waals surface area (Å²) >= 11 is 0. The topological polar surface area (TPSA) is 0 Å². The molecule has 2 rings (SSSR count). The number of hydrogen-bond acceptors (Lipinski definition) is 0. The number of benzene rings is 1. The Morgan fingerprint density at radius 3 is 2.31 bits per heavy atom. The van der Waals surface area contributed by atoms with Gasteiger partial charge in [-0.25, -0.2) is 0 Å². The van der Waals surface area contributed by atoms with E-state index in [-0.39, 0.29) is 0 Å². The Labute approximate surface area is 161 Å². The van der Waals surface area contributed by atoms with Crippen molar-refractivity contribution in [3.05, 3.63) is 47.5 Å². The largest absolute Gasteiger partial charge is 0.0951 e. The van der Waals surface area contributed by atoms with Crippen LogP contribution in [0.4, 0.5) is 0 Å². The van der Waals surface area contributed by atoms with Gasteiger partial charge in [0.1, 0.15) is 0 Å². The number of hydrogen-bond donors (Lipinski definition) is 0. The second kappa shape index (κ2) is 12.4. The zero-order chi connectivity index (χ0) is 18.5. The van der Waals surface area contributed by atoms with Gasteiger partial charge in [-0.15, -0.1) is 0 Å². The van der Waals surface area contributed by atoms with Gasteiger partial charge in [-0.2, -0.15) is 0 Å². The molecule has 0 heteroatoms. The van der Waals surface area contributed by atoms with Crippen molar-refractivity contribution in [1.82, 2.24) is 0 Å². The summed E-state index contributed by atoms with van der Waals surface area (Å²) < 4.78 is 0.